The summed E-state index contributed by atoms with van der Waals surface area (Å²) in [4.78, 5) is 8.78. The molecule has 100 valence electrons. The van der Waals surface area contributed by atoms with E-state index in [2.05, 4.69) is 22.2 Å². The van der Waals surface area contributed by atoms with Gasteiger partial charge in [-0.1, -0.05) is 36.7 Å². The smallest absolute Gasteiger partial charge is 0.0802 e. The Balaban J connectivity index is 2.35. The van der Waals surface area contributed by atoms with Crippen LogP contribution in [0.2, 0.25) is 5.02 Å². The first-order valence-electron chi connectivity index (χ1n) is 6.48. The summed E-state index contributed by atoms with van der Waals surface area (Å²) in [5.41, 5.74) is 2.85. The van der Waals surface area contributed by atoms with Gasteiger partial charge in [-0.25, -0.2) is 0 Å². The van der Waals surface area contributed by atoms with Crippen molar-refractivity contribution in [1.82, 2.24) is 15.3 Å². The molecule has 0 aliphatic rings. The fraction of sp³-hybridized carbons (Fsp3) is 0.333. The van der Waals surface area contributed by atoms with Crippen LogP contribution in [-0.2, 0) is 0 Å². The van der Waals surface area contributed by atoms with Crippen LogP contribution in [0, 0.1) is 6.92 Å². The van der Waals surface area contributed by atoms with Gasteiger partial charge in [0.2, 0.25) is 0 Å². The zero-order chi connectivity index (χ0) is 13.7. The summed E-state index contributed by atoms with van der Waals surface area (Å²) < 4.78 is 0. The van der Waals surface area contributed by atoms with E-state index >= 15 is 0 Å². The SMILES string of the molecule is CCCNC(c1cnc(C)cn1)c1ccccc1Cl. The van der Waals surface area contributed by atoms with Crippen LogP contribution >= 0.6 is 11.6 Å². The summed E-state index contributed by atoms with van der Waals surface area (Å²) in [6.45, 7) is 4.98. The zero-order valence-electron chi connectivity index (χ0n) is 11.2. The second-order valence-electron chi connectivity index (χ2n) is 4.49. The summed E-state index contributed by atoms with van der Waals surface area (Å²) >= 11 is 6.29. The van der Waals surface area contributed by atoms with Gasteiger partial charge >= 0.3 is 0 Å². The molecule has 0 saturated carbocycles. The van der Waals surface area contributed by atoms with Crippen LogP contribution in [0.15, 0.2) is 36.7 Å². The number of benzene rings is 1. The topological polar surface area (TPSA) is 37.8 Å². The van der Waals surface area contributed by atoms with Crippen LogP contribution in [0.4, 0.5) is 0 Å². The Morgan fingerprint density at radius 2 is 2.00 bits per heavy atom. The zero-order valence-corrected chi connectivity index (χ0v) is 12.0. The summed E-state index contributed by atoms with van der Waals surface area (Å²) in [5, 5.41) is 4.22. The highest BCUT2D eigenvalue weighted by Gasteiger charge is 2.17. The van der Waals surface area contributed by atoms with E-state index in [9.17, 15) is 0 Å². The van der Waals surface area contributed by atoms with Crippen LogP contribution in [0.25, 0.3) is 0 Å². The third-order valence-corrected chi connectivity index (χ3v) is 3.26. The molecule has 0 radical (unpaired) electrons. The molecule has 0 bridgehead atoms. The third kappa shape index (κ3) is 3.52. The molecule has 0 aliphatic carbocycles. The average Bonchev–Trinajstić information content (AvgIpc) is 2.43. The summed E-state index contributed by atoms with van der Waals surface area (Å²) in [7, 11) is 0. The molecule has 0 saturated heterocycles. The second kappa shape index (κ2) is 6.64. The molecule has 1 unspecified atom stereocenters. The van der Waals surface area contributed by atoms with Crippen LogP contribution in [0.3, 0.4) is 0 Å². The molecule has 1 N–H and O–H groups in total. The molecule has 0 spiro atoms. The van der Waals surface area contributed by atoms with Gasteiger partial charge < -0.3 is 5.32 Å². The molecule has 19 heavy (non-hydrogen) atoms. The highest BCUT2D eigenvalue weighted by Crippen LogP contribution is 2.26. The highest BCUT2D eigenvalue weighted by molar-refractivity contribution is 6.31. The molecule has 1 aromatic heterocycles. The first-order valence-corrected chi connectivity index (χ1v) is 6.86. The Labute approximate surface area is 119 Å². The van der Waals surface area contributed by atoms with Crippen molar-refractivity contribution in [3.8, 4) is 0 Å². The molecule has 3 nitrogen and oxygen atoms in total. The minimum atomic E-state index is -0.0123. The molecule has 0 aliphatic heterocycles. The van der Waals surface area contributed by atoms with Gasteiger partial charge in [0.25, 0.3) is 0 Å². The average molecular weight is 276 g/mol. The molecule has 2 rings (SSSR count). The van der Waals surface area contributed by atoms with Gasteiger partial charge in [-0.15, -0.1) is 0 Å². The monoisotopic (exact) mass is 275 g/mol. The van der Waals surface area contributed by atoms with Crippen molar-refractivity contribution in [3.05, 3.63) is 58.6 Å². The van der Waals surface area contributed by atoms with Gasteiger partial charge in [0.15, 0.2) is 0 Å². The van der Waals surface area contributed by atoms with Crippen LogP contribution in [-0.4, -0.2) is 16.5 Å². The highest BCUT2D eigenvalue weighted by atomic mass is 35.5. The summed E-state index contributed by atoms with van der Waals surface area (Å²) in [6, 6.07) is 7.84. The fourth-order valence-electron chi connectivity index (χ4n) is 1.92. The van der Waals surface area contributed by atoms with E-state index in [1.807, 2.05) is 37.4 Å². The number of halogens is 1. The Kier molecular flexibility index (Phi) is 4.88. The van der Waals surface area contributed by atoms with E-state index in [4.69, 9.17) is 11.6 Å². The van der Waals surface area contributed by atoms with Crippen LogP contribution < -0.4 is 5.32 Å². The van der Waals surface area contributed by atoms with Gasteiger partial charge in [-0.2, -0.15) is 0 Å². The number of hydrogen-bond donors (Lipinski definition) is 1. The maximum Gasteiger partial charge on any atom is 0.0802 e. The number of nitrogens with zero attached hydrogens (tertiary/aromatic N) is 2. The lowest BCUT2D eigenvalue weighted by Gasteiger charge is -2.19. The molecule has 0 fully saturated rings. The van der Waals surface area contributed by atoms with E-state index in [-0.39, 0.29) is 6.04 Å². The maximum atomic E-state index is 6.29. The first-order chi connectivity index (χ1) is 9.22. The number of aromatic nitrogens is 2. The quantitative estimate of drug-likeness (QED) is 0.907. The third-order valence-electron chi connectivity index (χ3n) is 2.91. The van der Waals surface area contributed by atoms with Crippen molar-refractivity contribution in [2.45, 2.75) is 26.3 Å². The van der Waals surface area contributed by atoms with Gasteiger partial charge in [0, 0.05) is 11.2 Å². The van der Waals surface area contributed by atoms with Gasteiger partial charge in [-0.05, 0) is 31.5 Å². The minimum Gasteiger partial charge on any atom is -0.305 e. The van der Waals surface area contributed by atoms with Crippen molar-refractivity contribution in [2.24, 2.45) is 0 Å². The largest absolute Gasteiger partial charge is 0.305 e. The maximum absolute atomic E-state index is 6.29. The number of rotatable bonds is 5. The van der Waals surface area contributed by atoms with E-state index in [0.29, 0.717) is 0 Å². The summed E-state index contributed by atoms with van der Waals surface area (Å²) in [6.07, 6.45) is 4.65. The Morgan fingerprint density at radius 1 is 1.21 bits per heavy atom. The first kappa shape index (κ1) is 14.0. The minimum absolute atomic E-state index is 0.0123. The van der Waals surface area contributed by atoms with E-state index in [1.165, 1.54) is 0 Å². The molecule has 4 heteroatoms. The van der Waals surface area contributed by atoms with Crippen molar-refractivity contribution in [3.63, 3.8) is 0 Å². The van der Waals surface area contributed by atoms with Crippen molar-refractivity contribution in [1.29, 1.82) is 0 Å². The molecule has 1 aromatic carbocycles. The predicted octanol–water partition coefficient (Wildman–Crippen LogP) is 3.53. The molecule has 1 atom stereocenters. The predicted molar refractivity (Wildman–Crippen MR) is 78.4 cm³/mol. The fourth-order valence-corrected chi connectivity index (χ4v) is 2.17. The van der Waals surface area contributed by atoms with Gasteiger partial charge in [0.1, 0.15) is 0 Å². The lowest BCUT2D eigenvalue weighted by atomic mass is 10.0. The van der Waals surface area contributed by atoms with Crippen LogP contribution in [0.1, 0.15) is 36.3 Å². The van der Waals surface area contributed by atoms with E-state index in [0.717, 1.165) is 34.9 Å². The molecule has 1 heterocycles. The Morgan fingerprint density at radius 3 is 2.63 bits per heavy atom. The van der Waals surface area contributed by atoms with E-state index < -0.39 is 0 Å². The van der Waals surface area contributed by atoms with Crippen molar-refractivity contribution in [2.75, 3.05) is 6.54 Å². The lowest BCUT2D eigenvalue weighted by Crippen LogP contribution is -2.24. The van der Waals surface area contributed by atoms with E-state index in [1.54, 1.807) is 6.20 Å². The van der Waals surface area contributed by atoms with Gasteiger partial charge in [-0.3, -0.25) is 9.97 Å². The molecular weight excluding hydrogens is 258 g/mol. The molecule has 2 aromatic rings. The standard InChI is InChI=1S/C15H18ClN3/c1-3-8-17-15(12-6-4-5-7-13(12)16)14-10-18-11(2)9-19-14/h4-7,9-10,15,17H,3,8H2,1-2H3. The van der Waals surface area contributed by atoms with Crippen molar-refractivity contribution >= 4 is 11.6 Å². The molecular formula is C15H18ClN3. The Hall–Kier alpha value is -1.45. The number of nitrogens with one attached hydrogen (secondary N) is 1. The number of aryl methyl sites for hydroxylation is 1. The molecule has 0 amide bonds. The number of hydrogen-bond acceptors (Lipinski definition) is 3. The van der Waals surface area contributed by atoms with Gasteiger partial charge in [0.05, 0.1) is 23.6 Å². The lowest BCUT2D eigenvalue weighted by molar-refractivity contribution is 0.584. The Bertz CT molecular complexity index is 525. The van der Waals surface area contributed by atoms with Crippen LogP contribution in [0.5, 0.6) is 0 Å². The second-order valence-corrected chi connectivity index (χ2v) is 4.90. The normalized spacial score (nSPS) is 12.4. The summed E-state index contributed by atoms with van der Waals surface area (Å²) in [5.74, 6) is 0. The van der Waals surface area contributed by atoms with Crippen molar-refractivity contribution < 1.29 is 0 Å².